The monoisotopic (exact) mass is 599 g/mol. The van der Waals surface area contributed by atoms with Crippen molar-refractivity contribution in [3.8, 4) is 5.75 Å². The van der Waals surface area contributed by atoms with Crippen LogP contribution in [-0.2, 0) is 16.0 Å². The molecule has 3 heterocycles. The quantitative estimate of drug-likeness (QED) is 0.336. The van der Waals surface area contributed by atoms with E-state index >= 15 is 0 Å². The van der Waals surface area contributed by atoms with Crippen molar-refractivity contribution in [2.45, 2.75) is 77.5 Å². The molecule has 3 aromatic rings. The number of hydrogen-bond acceptors (Lipinski definition) is 9. The van der Waals surface area contributed by atoms with Crippen molar-refractivity contribution in [2.75, 3.05) is 33.1 Å². The average molecular weight is 600 g/mol. The normalized spacial score (nSPS) is 19.6. The standard InChI is InChI=1S/C31H39F2N5O5/c1-18-12-23(41-6)21(19-8-10-38(24(18)19)28(40)43-29(2,3)4)15-37-11-9-30(16-31(32,33)17-30)13-22(37)20-14-35-26(27(39)42-7)36-25(20)34-5/h8,10,12,14,22H,9,11,13,15-17H2,1-7H3,(H,34,35,36). The summed E-state index contributed by atoms with van der Waals surface area (Å²) in [5, 5.41) is 3.89. The number of anilines is 1. The maximum atomic E-state index is 14.2. The molecule has 1 aliphatic heterocycles. The summed E-state index contributed by atoms with van der Waals surface area (Å²) in [6.45, 7) is 8.34. The number of aryl methyl sites for hydroxylation is 1. The topological polar surface area (TPSA) is 108 Å². The van der Waals surface area contributed by atoms with Gasteiger partial charge in [0.05, 0.1) is 19.7 Å². The fourth-order valence-electron chi connectivity index (χ4n) is 6.64. The molecule has 1 saturated heterocycles. The SMILES string of the molecule is CNc1nc(C(=O)OC)ncc1C1CC2(CCN1Cc1c(OC)cc(C)c3c1ccn3C(=O)OC(C)(C)C)CC(F)(F)C2. The van der Waals surface area contributed by atoms with Crippen molar-refractivity contribution < 1.29 is 32.6 Å². The summed E-state index contributed by atoms with van der Waals surface area (Å²) in [6.07, 6.45) is 3.59. The van der Waals surface area contributed by atoms with Crippen molar-refractivity contribution in [3.05, 3.63) is 47.0 Å². The van der Waals surface area contributed by atoms with E-state index in [1.54, 1.807) is 26.6 Å². The van der Waals surface area contributed by atoms with Crippen molar-refractivity contribution in [1.82, 2.24) is 19.4 Å². The maximum absolute atomic E-state index is 14.2. The lowest BCUT2D eigenvalue weighted by Crippen LogP contribution is -2.53. The molecule has 1 N–H and O–H groups in total. The van der Waals surface area contributed by atoms with Crippen LogP contribution in [0, 0.1) is 12.3 Å². The van der Waals surface area contributed by atoms with Crippen LogP contribution < -0.4 is 10.1 Å². The van der Waals surface area contributed by atoms with E-state index in [-0.39, 0.29) is 24.7 Å². The first-order valence-corrected chi connectivity index (χ1v) is 14.4. The summed E-state index contributed by atoms with van der Waals surface area (Å²) in [6, 6.07) is 3.45. The van der Waals surface area contributed by atoms with Crippen LogP contribution in [0.25, 0.3) is 10.9 Å². The first-order chi connectivity index (χ1) is 20.2. The zero-order valence-electron chi connectivity index (χ0n) is 25.7. The second kappa shape index (κ2) is 11.0. The molecule has 43 heavy (non-hydrogen) atoms. The Balaban J connectivity index is 1.57. The summed E-state index contributed by atoms with van der Waals surface area (Å²) in [4.78, 5) is 36.1. The fraction of sp³-hybridized carbons (Fsp3) is 0.548. The molecule has 232 valence electrons. The van der Waals surface area contributed by atoms with Gasteiger partial charge in [-0.15, -0.1) is 0 Å². The first kappa shape index (κ1) is 30.7. The third-order valence-corrected chi connectivity index (χ3v) is 8.45. The van der Waals surface area contributed by atoms with Gasteiger partial charge in [-0.05, 0) is 70.2 Å². The van der Waals surface area contributed by atoms with Crippen LogP contribution in [0.1, 0.15) is 79.8 Å². The van der Waals surface area contributed by atoms with Gasteiger partial charge in [0, 0.05) is 61.4 Å². The molecule has 2 aliphatic rings. The van der Waals surface area contributed by atoms with Crippen molar-refractivity contribution in [1.29, 1.82) is 0 Å². The van der Waals surface area contributed by atoms with E-state index in [0.29, 0.717) is 43.1 Å². The van der Waals surface area contributed by atoms with Crippen LogP contribution >= 0.6 is 0 Å². The smallest absolute Gasteiger partial charge is 0.419 e. The van der Waals surface area contributed by atoms with Gasteiger partial charge in [0.15, 0.2) is 0 Å². The third kappa shape index (κ3) is 5.89. The predicted octanol–water partition coefficient (Wildman–Crippen LogP) is 6.11. The summed E-state index contributed by atoms with van der Waals surface area (Å²) >= 11 is 0. The Bertz CT molecular complexity index is 1560. The molecule has 0 amide bonds. The van der Waals surface area contributed by atoms with Crippen molar-refractivity contribution in [3.63, 3.8) is 0 Å². The molecule has 1 unspecified atom stereocenters. The molecule has 5 rings (SSSR count). The van der Waals surface area contributed by atoms with E-state index in [4.69, 9.17) is 14.2 Å². The summed E-state index contributed by atoms with van der Waals surface area (Å²) in [7, 11) is 4.56. The predicted molar refractivity (Wildman–Crippen MR) is 157 cm³/mol. The average Bonchev–Trinajstić information content (AvgIpc) is 3.39. The molecule has 10 nitrogen and oxygen atoms in total. The van der Waals surface area contributed by atoms with Crippen LogP contribution in [0.2, 0.25) is 0 Å². The Morgan fingerprint density at radius 2 is 1.93 bits per heavy atom. The Kier molecular flexibility index (Phi) is 7.87. The number of esters is 1. The molecule has 2 aromatic heterocycles. The zero-order valence-corrected chi connectivity index (χ0v) is 25.7. The largest absolute Gasteiger partial charge is 0.496 e. The second-order valence-electron chi connectivity index (χ2n) is 12.7. The van der Waals surface area contributed by atoms with Gasteiger partial charge in [-0.2, -0.15) is 0 Å². The number of likely N-dealkylation sites (tertiary alicyclic amines) is 1. The van der Waals surface area contributed by atoms with E-state index < -0.39 is 29.0 Å². The first-order valence-electron chi connectivity index (χ1n) is 14.4. The highest BCUT2D eigenvalue weighted by molar-refractivity contribution is 5.95. The van der Waals surface area contributed by atoms with Gasteiger partial charge in [0.1, 0.15) is 17.2 Å². The van der Waals surface area contributed by atoms with Gasteiger partial charge in [-0.25, -0.2) is 28.3 Å². The van der Waals surface area contributed by atoms with Gasteiger partial charge in [-0.1, -0.05) is 0 Å². The van der Waals surface area contributed by atoms with E-state index in [1.807, 2.05) is 39.8 Å². The minimum absolute atomic E-state index is 0.0896. The fourth-order valence-corrected chi connectivity index (χ4v) is 6.64. The van der Waals surface area contributed by atoms with E-state index in [1.165, 1.54) is 11.7 Å². The number of halogens is 2. The summed E-state index contributed by atoms with van der Waals surface area (Å²) in [5.41, 5.74) is 1.98. The Morgan fingerprint density at radius 3 is 2.53 bits per heavy atom. The van der Waals surface area contributed by atoms with Gasteiger partial charge in [0.2, 0.25) is 11.7 Å². The van der Waals surface area contributed by atoms with Crippen LogP contribution in [0.5, 0.6) is 5.75 Å². The van der Waals surface area contributed by atoms with E-state index in [9.17, 15) is 18.4 Å². The molecule has 1 aliphatic carbocycles. The number of methoxy groups -OCH3 is 2. The Hall–Kier alpha value is -3.80. The molecular weight excluding hydrogens is 560 g/mol. The molecule has 0 radical (unpaired) electrons. The lowest BCUT2D eigenvalue weighted by molar-refractivity contribution is -0.186. The van der Waals surface area contributed by atoms with Gasteiger partial charge in [-0.3, -0.25) is 9.47 Å². The number of carbonyl (C=O) groups is 2. The highest BCUT2D eigenvalue weighted by Crippen LogP contribution is 2.61. The Morgan fingerprint density at radius 1 is 1.21 bits per heavy atom. The van der Waals surface area contributed by atoms with Gasteiger partial charge >= 0.3 is 12.1 Å². The number of nitrogens with one attached hydrogen (secondary N) is 1. The highest BCUT2D eigenvalue weighted by Gasteiger charge is 2.58. The number of ether oxygens (including phenoxy) is 3. The zero-order chi connectivity index (χ0) is 31.3. The minimum atomic E-state index is -2.67. The number of piperidine rings is 1. The van der Waals surface area contributed by atoms with Crippen LogP contribution in [-0.4, -0.2) is 70.8 Å². The molecule has 1 atom stereocenters. The van der Waals surface area contributed by atoms with Crippen molar-refractivity contribution in [2.24, 2.45) is 5.41 Å². The number of alkyl halides is 2. The third-order valence-electron chi connectivity index (χ3n) is 8.45. The molecule has 2 fully saturated rings. The number of rotatable bonds is 6. The second-order valence-corrected chi connectivity index (χ2v) is 12.7. The maximum Gasteiger partial charge on any atom is 0.419 e. The van der Waals surface area contributed by atoms with Crippen LogP contribution in [0.15, 0.2) is 24.5 Å². The summed E-state index contributed by atoms with van der Waals surface area (Å²) < 4.78 is 46.2. The number of fused-ring (bicyclic) bond motifs is 1. The minimum Gasteiger partial charge on any atom is -0.496 e. The van der Waals surface area contributed by atoms with Gasteiger partial charge in [0.25, 0.3) is 0 Å². The lowest BCUT2D eigenvalue weighted by Gasteiger charge is -2.54. The number of nitrogens with zero attached hydrogens (tertiary/aromatic N) is 4. The number of carbonyl (C=O) groups excluding carboxylic acids is 2. The number of hydrogen-bond donors (Lipinski definition) is 1. The van der Waals surface area contributed by atoms with E-state index in [2.05, 4.69) is 20.2 Å². The molecule has 0 bridgehead atoms. The van der Waals surface area contributed by atoms with E-state index in [0.717, 1.165) is 22.0 Å². The lowest BCUT2D eigenvalue weighted by atomic mass is 9.59. The highest BCUT2D eigenvalue weighted by atomic mass is 19.3. The summed E-state index contributed by atoms with van der Waals surface area (Å²) in [5.74, 6) is -2.33. The van der Waals surface area contributed by atoms with Crippen molar-refractivity contribution >= 4 is 28.8 Å². The molecular formula is C31H39F2N5O5. The molecule has 12 heteroatoms. The molecule has 1 spiro atoms. The number of benzene rings is 1. The van der Waals surface area contributed by atoms with Gasteiger partial charge < -0.3 is 19.5 Å². The van der Waals surface area contributed by atoms with Crippen LogP contribution in [0.3, 0.4) is 0 Å². The molecule has 1 saturated carbocycles. The number of aromatic nitrogens is 3. The molecule has 1 aromatic carbocycles. The van der Waals surface area contributed by atoms with Crippen LogP contribution in [0.4, 0.5) is 19.4 Å². The Labute approximate surface area is 249 Å².